The third-order valence-corrected chi connectivity index (χ3v) is 8.55. The Kier molecular flexibility index (Phi) is 5.45. The molecular formula is C32H29ClN2O3. The van der Waals surface area contributed by atoms with Gasteiger partial charge in [-0.05, 0) is 54.5 Å². The number of halogens is 1. The van der Waals surface area contributed by atoms with Crippen LogP contribution in [0.2, 0.25) is 5.02 Å². The van der Waals surface area contributed by atoms with Gasteiger partial charge < -0.3 is 10.2 Å². The zero-order valence-corrected chi connectivity index (χ0v) is 22.5. The molecule has 0 aromatic heterocycles. The van der Waals surface area contributed by atoms with Crippen molar-refractivity contribution < 1.29 is 14.4 Å². The fourth-order valence-corrected chi connectivity index (χ4v) is 6.75. The summed E-state index contributed by atoms with van der Waals surface area (Å²) >= 11 is 6.15. The molecule has 1 saturated heterocycles. The molecule has 1 amide bonds. The molecule has 4 atom stereocenters. The Bertz CT molecular complexity index is 1530. The number of benzene rings is 3. The second-order valence-electron chi connectivity index (χ2n) is 11.5. The van der Waals surface area contributed by atoms with Gasteiger partial charge in [-0.2, -0.15) is 0 Å². The number of hydrogen-bond acceptors (Lipinski definition) is 4. The summed E-state index contributed by atoms with van der Waals surface area (Å²) in [5.74, 6) is -1.53. The van der Waals surface area contributed by atoms with Crippen LogP contribution in [0, 0.1) is 11.3 Å². The summed E-state index contributed by atoms with van der Waals surface area (Å²) < 4.78 is 0. The van der Waals surface area contributed by atoms with E-state index in [-0.39, 0.29) is 17.5 Å². The molecule has 6 heteroatoms. The summed E-state index contributed by atoms with van der Waals surface area (Å²) in [5, 5.41) is 3.58. The number of fused-ring (bicyclic) bond motifs is 6. The first kappa shape index (κ1) is 24.6. The molecule has 3 aliphatic heterocycles. The molecule has 1 N–H and O–H groups in total. The molecule has 3 heterocycles. The standard InChI is InChI=1S/C32H29ClN2O3/c1-18-17-25-32(22-10-6-7-11-23(22)34-30(32)38)26(28(36)19-13-15-20(33)16-14-19)27(29(37)31(2,3)4)35(25)24-12-8-5-9-21(18)24/h5-17,25-27H,1-4H3,(H,34,38)/t25-,26-,27+,32-/m0/s1. The minimum absolute atomic E-state index is 0.0772. The smallest absolute Gasteiger partial charge is 0.238 e. The van der Waals surface area contributed by atoms with Crippen molar-refractivity contribution in [3.05, 3.63) is 101 Å². The molecule has 0 saturated carbocycles. The molecule has 0 aliphatic carbocycles. The number of hydrogen-bond donors (Lipinski definition) is 1. The molecule has 1 fully saturated rings. The molecule has 0 unspecified atom stereocenters. The lowest BCUT2D eigenvalue weighted by molar-refractivity contribution is -0.128. The number of anilines is 2. The number of amides is 1. The van der Waals surface area contributed by atoms with E-state index in [4.69, 9.17) is 11.6 Å². The van der Waals surface area contributed by atoms with E-state index < -0.39 is 28.8 Å². The minimum Gasteiger partial charge on any atom is -0.352 e. The largest absolute Gasteiger partial charge is 0.352 e. The highest BCUT2D eigenvalue weighted by Gasteiger charge is 2.71. The van der Waals surface area contributed by atoms with Gasteiger partial charge in [0, 0.05) is 32.9 Å². The number of nitrogens with zero attached hydrogens (tertiary/aromatic N) is 1. The van der Waals surface area contributed by atoms with E-state index in [0.717, 1.165) is 22.4 Å². The number of allylic oxidation sites excluding steroid dienone is 1. The average molecular weight is 525 g/mol. The van der Waals surface area contributed by atoms with Crippen LogP contribution >= 0.6 is 11.6 Å². The molecule has 0 radical (unpaired) electrons. The third kappa shape index (κ3) is 3.27. The van der Waals surface area contributed by atoms with Crippen LogP contribution in [0.4, 0.5) is 11.4 Å². The summed E-state index contributed by atoms with van der Waals surface area (Å²) in [6.07, 6.45) is 2.07. The highest BCUT2D eigenvalue weighted by atomic mass is 35.5. The molecule has 3 aliphatic rings. The van der Waals surface area contributed by atoms with Crippen molar-refractivity contribution in [3.8, 4) is 0 Å². The number of para-hydroxylation sites is 2. The number of carbonyl (C=O) groups excluding carboxylic acids is 3. The normalized spacial score (nSPS) is 25.4. The monoisotopic (exact) mass is 524 g/mol. The number of Topliss-reactive ketones (excluding diaryl/α,β-unsaturated/α-hetero) is 2. The van der Waals surface area contributed by atoms with Crippen molar-refractivity contribution in [2.45, 2.75) is 45.2 Å². The van der Waals surface area contributed by atoms with Crippen molar-refractivity contribution in [1.29, 1.82) is 0 Å². The van der Waals surface area contributed by atoms with Crippen LogP contribution < -0.4 is 10.2 Å². The summed E-state index contributed by atoms with van der Waals surface area (Å²) in [6, 6.07) is 20.8. The van der Waals surface area contributed by atoms with E-state index in [1.165, 1.54) is 0 Å². The summed E-state index contributed by atoms with van der Waals surface area (Å²) in [4.78, 5) is 45.4. The van der Waals surface area contributed by atoms with E-state index >= 15 is 0 Å². The molecular weight excluding hydrogens is 496 g/mol. The summed E-state index contributed by atoms with van der Waals surface area (Å²) in [7, 11) is 0. The minimum atomic E-state index is -1.30. The summed E-state index contributed by atoms with van der Waals surface area (Å²) in [6.45, 7) is 7.65. The summed E-state index contributed by atoms with van der Waals surface area (Å²) in [5.41, 5.74) is 2.68. The van der Waals surface area contributed by atoms with Crippen LogP contribution in [0.5, 0.6) is 0 Å². The van der Waals surface area contributed by atoms with E-state index in [0.29, 0.717) is 16.3 Å². The first-order valence-electron chi connectivity index (χ1n) is 12.9. The number of rotatable bonds is 3. The Balaban J connectivity index is 1.70. The van der Waals surface area contributed by atoms with E-state index in [9.17, 15) is 14.4 Å². The van der Waals surface area contributed by atoms with Gasteiger partial charge in [-0.1, -0.05) is 74.8 Å². The van der Waals surface area contributed by atoms with Crippen molar-refractivity contribution in [3.63, 3.8) is 0 Å². The predicted octanol–water partition coefficient (Wildman–Crippen LogP) is 6.32. The second kappa shape index (κ2) is 8.40. The third-order valence-electron chi connectivity index (χ3n) is 8.30. The lowest BCUT2D eigenvalue weighted by Gasteiger charge is -2.39. The van der Waals surface area contributed by atoms with E-state index in [1.54, 1.807) is 24.3 Å². The number of ketones is 2. The first-order valence-corrected chi connectivity index (χ1v) is 13.3. The van der Waals surface area contributed by atoms with Crippen LogP contribution in [0.15, 0.2) is 78.9 Å². The Morgan fingerprint density at radius 3 is 2.32 bits per heavy atom. The number of carbonyl (C=O) groups is 3. The molecule has 0 bridgehead atoms. The van der Waals surface area contributed by atoms with Crippen LogP contribution in [0.1, 0.15) is 49.2 Å². The van der Waals surface area contributed by atoms with Gasteiger partial charge in [-0.15, -0.1) is 0 Å². The van der Waals surface area contributed by atoms with Crippen LogP contribution in [0.3, 0.4) is 0 Å². The fourth-order valence-electron chi connectivity index (χ4n) is 6.62. The van der Waals surface area contributed by atoms with E-state index in [1.807, 2.05) is 76.2 Å². The zero-order chi connectivity index (χ0) is 27.0. The molecule has 5 nitrogen and oxygen atoms in total. The maximum Gasteiger partial charge on any atom is 0.238 e. The van der Waals surface area contributed by atoms with Gasteiger partial charge >= 0.3 is 0 Å². The van der Waals surface area contributed by atoms with Crippen molar-refractivity contribution >= 4 is 46.0 Å². The van der Waals surface area contributed by atoms with Gasteiger partial charge in [0.15, 0.2) is 11.6 Å². The highest BCUT2D eigenvalue weighted by molar-refractivity contribution is 6.30. The highest BCUT2D eigenvalue weighted by Crippen LogP contribution is 2.59. The molecule has 1 spiro atoms. The van der Waals surface area contributed by atoms with Crippen molar-refractivity contribution in [1.82, 2.24) is 0 Å². The van der Waals surface area contributed by atoms with Crippen LogP contribution in [-0.2, 0) is 15.0 Å². The zero-order valence-electron chi connectivity index (χ0n) is 21.8. The van der Waals surface area contributed by atoms with Gasteiger partial charge in [0.2, 0.25) is 5.91 Å². The van der Waals surface area contributed by atoms with Gasteiger partial charge in [0.25, 0.3) is 0 Å². The van der Waals surface area contributed by atoms with E-state index in [2.05, 4.69) is 16.3 Å². The predicted molar refractivity (Wildman–Crippen MR) is 151 cm³/mol. The lowest BCUT2D eigenvalue weighted by atomic mass is 9.63. The second-order valence-corrected chi connectivity index (χ2v) is 11.9. The first-order chi connectivity index (χ1) is 18.1. The molecule has 3 aromatic carbocycles. The van der Waals surface area contributed by atoms with Gasteiger partial charge in [-0.25, -0.2) is 0 Å². The SMILES string of the molecule is CC1=C[C@@H]2N(c3ccccc31)[C@@H](C(=O)C(C)(C)C)[C@@H](C(=O)c1ccc(Cl)cc1)[C@@]21C(=O)Nc2ccccc21. The molecule has 6 rings (SSSR count). The van der Waals surface area contributed by atoms with Gasteiger partial charge in [-0.3, -0.25) is 14.4 Å². The maximum atomic E-state index is 14.6. The Morgan fingerprint density at radius 2 is 1.61 bits per heavy atom. The molecule has 38 heavy (non-hydrogen) atoms. The number of nitrogens with one attached hydrogen (secondary N) is 1. The lowest BCUT2D eigenvalue weighted by Crippen LogP contribution is -2.51. The molecule has 3 aromatic rings. The topological polar surface area (TPSA) is 66.5 Å². The Morgan fingerprint density at radius 1 is 0.947 bits per heavy atom. The quantitative estimate of drug-likeness (QED) is 0.407. The van der Waals surface area contributed by atoms with Crippen molar-refractivity contribution in [2.24, 2.45) is 11.3 Å². The van der Waals surface area contributed by atoms with Gasteiger partial charge in [0.05, 0.1) is 12.0 Å². The van der Waals surface area contributed by atoms with Crippen molar-refractivity contribution in [2.75, 3.05) is 10.2 Å². The van der Waals surface area contributed by atoms with Crippen LogP contribution in [0.25, 0.3) is 5.57 Å². The van der Waals surface area contributed by atoms with Crippen LogP contribution in [-0.4, -0.2) is 29.6 Å². The van der Waals surface area contributed by atoms with Gasteiger partial charge in [0.1, 0.15) is 11.5 Å². The Hall–Kier alpha value is -3.70. The average Bonchev–Trinajstić information content (AvgIpc) is 3.36. The Labute approximate surface area is 227 Å². The molecule has 192 valence electrons. The maximum absolute atomic E-state index is 14.6. The fraction of sp³-hybridized carbons (Fsp3) is 0.281.